The summed E-state index contributed by atoms with van der Waals surface area (Å²) in [6.45, 7) is 3.46. The number of H-pyrrole nitrogens is 1. The fraction of sp³-hybridized carbons (Fsp3) is 0.200. The van der Waals surface area contributed by atoms with Crippen molar-refractivity contribution in [3.8, 4) is 11.4 Å². The van der Waals surface area contributed by atoms with Crippen LogP contribution < -0.4 is 11.1 Å². The maximum atomic E-state index is 13.8. The van der Waals surface area contributed by atoms with Gasteiger partial charge in [0.25, 0.3) is 11.1 Å². The summed E-state index contributed by atoms with van der Waals surface area (Å²) in [5, 5.41) is 0.691. The van der Waals surface area contributed by atoms with Crippen LogP contribution in [0.3, 0.4) is 0 Å². The van der Waals surface area contributed by atoms with Gasteiger partial charge in [-0.1, -0.05) is 71.1 Å². The molecule has 6 aromatic carbocycles. The summed E-state index contributed by atoms with van der Waals surface area (Å²) in [5.41, 5.74) is -0.0689. The Hall–Kier alpha value is -8.87. The Balaban J connectivity index is 0.000000211. The Morgan fingerprint density at radius 2 is 0.976 bits per heavy atom. The number of hydrogen-bond donors (Lipinski definition) is 1. The lowest BCUT2D eigenvalue weighted by Gasteiger charge is -2.30. The van der Waals surface area contributed by atoms with Gasteiger partial charge >= 0.3 is 12.4 Å². The van der Waals surface area contributed by atoms with Gasteiger partial charge in [-0.15, -0.1) is 0 Å². The summed E-state index contributed by atoms with van der Waals surface area (Å²) in [5.74, 6) is -0.319. The first-order valence-corrected chi connectivity index (χ1v) is 27.6. The van der Waals surface area contributed by atoms with Crippen molar-refractivity contribution in [1.29, 1.82) is 0 Å². The van der Waals surface area contributed by atoms with E-state index in [4.69, 9.17) is 9.97 Å². The third kappa shape index (κ3) is 14.1. The molecule has 0 radical (unpaired) electrons. The highest BCUT2D eigenvalue weighted by molar-refractivity contribution is 14.1. The van der Waals surface area contributed by atoms with E-state index in [-0.39, 0.29) is 37.6 Å². The first-order valence-electron chi connectivity index (χ1n) is 25.4. The number of nitrogens with one attached hydrogen (secondary N) is 1. The zero-order valence-corrected chi connectivity index (χ0v) is 46.9. The minimum atomic E-state index is -4.49. The Labute approximate surface area is 482 Å². The number of aromatic amines is 1. The van der Waals surface area contributed by atoms with Gasteiger partial charge in [-0.3, -0.25) is 28.3 Å². The molecule has 4 aromatic heterocycles. The third-order valence-electron chi connectivity index (χ3n) is 13.5. The van der Waals surface area contributed by atoms with E-state index in [0.29, 0.717) is 56.0 Å². The van der Waals surface area contributed by atoms with Crippen molar-refractivity contribution in [2.24, 2.45) is 7.05 Å². The molecule has 14 nitrogen and oxygen atoms in total. The number of nitrogens with zero attached hydrogens (tertiary/aromatic N) is 9. The molecule has 4 heterocycles. The van der Waals surface area contributed by atoms with Crippen LogP contribution in [0.2, 0.25) is 0 Å². The zero-order chi connectivity index (χ0) is 59.8. The lowest BCUT2D eigenvalue weighted by Crippen LogP contribution is -2.38. The van der Waals surface area contributed by atoms with Gasteiger partial charge in [0.05, 0.1) is 82.3 Å². The maximum Gasteiger partial charge on any atom is 0.416 e. The number of para-hydroxylation sites is 2. The molecule has 0 saturated heterocycles. The second-order valence-corrected chi connectivity index (χ2v) is 18.8. The van der Waals surface area contributed by atoms with Gasteiger partial charge < -0.3 is 19.4 Å². The van der Waals surface area contributed by atoms with Crippen LogP contribution in [-0.2, 0) is 54.9 Å². The number of amides is 2. The second-order valence-electron chi connectivity index (χ2n) is 18.8. The maximum absolute atomic E-state index is 13.8. The van der Waals surface area contributed by atoms with Crippen molar-refractivity contribution in [1.82, 2.24) is 48.4 Å². The molecule has 0 saturated carbocycles. The fourth-order valence-electron chi connectivity index (χ4n) is 9.12. The summed E-state index contributed by atoms with van der Waals surface area (Å²) >= 11 is 2.15. The topological polar surface area (TPSA) is 157 Å². The molecule has 0 bridgehead atoms. The lowest BCUT2D eigenvalue weighted by atomic mass is 10.1. The summed E-state index contributed by atoms with van der Waals surface area (Å²) in [6.07, 6.45) is -2.94. The van der Waals surface area contributed by atoms with Crippen LogP contribution >= 0.6 is 22.6 Å². The summed E-state index contributed by atoms with van der Waals surface area (Å²) in [4.78, 5) is 80.7. The van der Waals surface area contributed by atoms with Crippen LogP contribution in [-0.4, -0.2) is 65.2 Å². The van der Waals surface area contributed by atoms with E-state index in [9.17, 15) is 54.3 Å². The molecule has 83 heavy (non-hydrogen) atoms. The van der Waals surface area contributed by atoms with Crippen molar-refractivity contribution in [3.05, 3.63) is 248 Å². The number of aromatic nitrogens is 8. The molecule has 0 aliphatic rings. The van der Waals surface area contributed by atoms with Gasteiger partial charge in [0, 0.05) is 31.8 Å². The normalized spacial score (nSPS) is 12.2. The van der Waals surface area contributed by atoms with Crippen molar-refractivity contribution in [2.75, 3.05) is 4.93 Å². The number of carbonyl (C=O) groups is 2. The standard InChI is InChI=1S/C30H25F4N5O2.C29H23F4N5O2.CH3I/c1-19(28-36-25-6-4-3-5-24(25)29(41)39(28)23-13-11-22(31)12-14-23)38(18-26-35-15-16-37(26)2)27(40)17-20-7-9-21(10-8-20)30(32,33)34;1-18(27-36-24-5-3-2-4-23(24)28(40)38(27)22-12-10-21(30)11-13-22)37(17-25-34-14-15-35-25)26(39)16-19-6-8-20(9-7-19)29(31,32)33;1-2/h3-16,19H,17-18H2,1-2H3;2-15,18H,16-17H2,1H3,(H,34,35);1H3/t19-;18-;/m11./s1. The van der Waals surface area contributed by atoms with E-state index in [1.807, 2.05) is 4.93 Å². The number of halogens is 9. The van der Waals surface area contributed by atoms with Crippen LogP contribution in [0.1, 0.15) is 71.5 Å². The minimum absolute atomic E-state index is 0.0136. The fourth-order valence-corrected chi connectivity index (χ4v) is 9.12. The molecule has 0 unspecified atom stereocenters. The van der Waals surface area contributed by atoms with E-state index in [1.165, 1.54) is 97.9 Å². The zero-order valence-electron chi connectivity index (χ0n) is 44.7. The predicted octanol–water partition coefficient (Wildman–Crippen LogP) is 12.3. The van der Waals surface area contributed by atoms with E-state index < -0.39 is 70.1 Å². The number of fused-ring (bicyclic) bond motifs is 2. The molecule has 1 N–H and O–H groups in total. The summed E-state index contributed by atoms with van der Waals surface area (Å²) in [6, 6.07) is 31.5. The van der Waals surface area contributed by atoms with Gasteiger partial charge in [0.2, 0.25) is 11.8 Å². The first kappa shape index (κ1) is 60.2. The molecular weight excluding hydrogens is 1200 g/mol. The van der Waals surface area contributed by atoms with Crippen LogP contribution in [0, 0.1) is 11.6 Å². The van der Waals surface area contributed by atoms with Gasteiger partial charge in [-0.05, 0) is 127 Å². The molecule has 23 heteroatoms. The quantitative estimate of drug-likeness (QED) is 0.0640. The number of carbonyl (C=O) groups excluding carboxylic acids is 2. The molecule has 10 aromatic rings. The molecule has 10 rings (SSSR count). The van der Waals surface area contributed by atoms with Crippen molar-refractivity contribution in [2.45, 2.75) is 64.2 Å². The average Bonchev–Trinajstić information content (AvgIpc) is 3.15. The van der Waals surface area contributed by atoms with E-state index in [2.05, 4.69) is 37.5 Å². The largest absolute Gasteiger partial charge is 0.416 e. The van der Waals surface area contributed by atoms with Crippen molar-refractivity contribution >= 4 is 56.2 Å². The summed E-state index contributed by atoms with van der Waals surface area (Å²) in [7, 11) is 1.77. The molecule has 2 amide bonds. The summed E-state index contributed by atoms with van der Waals surface area (Å²) < 4.78 is 110. The number of hydrogen-bond acceptors (Lipinski definition) is 8. The second kappa shape index (κ2) is 25.9. The molecule has 0 spiro atoms. The SMILES string of the molecule is CI.C[C@H](c1nc2ccccc2c(=O)n1-c1ccc(F)cc1)N(Cc1ncc[nH]1)C(=O)Cc1ccc(C(F)(F)F)cc1.C[C@H](c1nc2ccccc2c(=O)n1-c1ccc(F)cc1)N(Cc1nccn1C)C(=O)Cc1ccc(C(F)(F)F)cc1. The first-order chi connectivity index (χ1) is 39.6. The van der Waals surface area contributed by atoms with Gasteiger partial charge in [-0.2, -0.15) is 26.3 Å². The minimum Gasteiger partial charge on any atom is -0.347 e. The molecule has 0 fully saturated rings. The van der Waals surface area contributed by atoms with Gasteiger partial charge in [0.15, 0.2) is 0 Å². The predicted molar refractivity (Wildman–Crippen MR) is 305 cm³/mol. The highest BCUT2D eigenvalue weighted by Crippen LogP contribution is 2.32. The van der Waals surface area contributed by atoms with Gasteiger partial charge in [-0.25, -0.2) is 28.7 Å². The third-order valence-corrected chi connectivity index (χ3v) is 13.5. The lowest BCUT2D eigenvalue weighted by molar-refractivity contribution is -0.138. The smallest absolute Gasteiger partial charge is 0.347 e. The van der Waals surface area contributed by atoms with E-state index in [1.54, 1.807) is 92.6 Å². The van der Waals surface area contributed by atoms with Crippen molar-refractivity contribution < 1.29 is 44.7 Å². The molecule has 0 aliphatic carbocycles. The number of benzene rings is 6. The number of imidazole rings is 2. The van der Waals surface area contributed by atoms with Crippen LogP contribution in [0.25, 0.3) is 33.2 Å². The monoisotopic (exact) mass is 1250 g/mol. The average molecular weight is 1260 g/mol. The van der Waals surface area contributed by atoms with Crippen LogP contribution in [0.5, 0.6) is 0 Å². The molecule has 0 aliphatic heterocycles. The Kier molecular flexibility index (Phi) is 18.8. The Bertz CT molecular complexity index is 3980. The Morgan fingerprint density at radius 1 is 0.566 bits per heavy atom. The number of aryl methyl sites for hydroxylation is 1. The highest BCUT2D eigenvalue weighted by atomic mass is 127. The highest BCUT2D eigenvalue weighted by Gasteiger charge is 2.33. The van der Waals surface area contributed by atoms with Crippen molar-refractivity contribution in [3.63, 3.8) is 0 Å². The van der Waals surface area contributed by atoms with E-state index >= 15 is 0 Å². The molecule has 428 valence electrons. The molecular formula is C60H51F8IN10O4. The van der Waals surface area contributed by atoms with Gasteiger partial charge in [0.1, 0.15) is 34.9 Å². The Morgan fingerprint density at radius 3 is 1.35 bits per heavy atom. The van der Waals surface area contributed by atoms with Crippen LogP contribution in [0.15, 0.2) is 180 Å². The number of rotatable bonds is 14. The van der Waals surface area contributed by atoms with E-state index in [0.717, 1.165) is 24.3 Å². The number of alkyl halides is 7. The van der Waals surface area contributed by atoms with Crippen LogP contribution in [0.4, 0.5) is 35.1 Å². The molecule has 2 atom stereocenters.